The Labute approximate surface area is 117 Å². The lowest BCUT2D eigenvalue weighted by atomic mass is 10.2. The number of rotatable bonds is 5. The molecule has 1 N–H and O–H groups in total. The molecule has 0 unspecified atom stereocenters. The largest absolute Gasteiger partial charge is 0.454 e. The number of nitrogens with zero attached hydrogens (tertiary/aromatic N) is 1. The molecular weight excluding hydrogens is 260 g/mol. The average Bonchev–Trinajstić information content (AvgIpc) is 3.24. The minimum atomic E-state index is 0.601. The molecule has 0 atom stereocenters. The van der Waals surface area contributed by atoms with E-state index in [4.69, 9.17) is 16.3 Å². The highest BCUT2D eigenvalue weighted by atomic mass is 35.5. The van der Waals surface area contributed by atoms with Crippen molar-refractivity contribution in [3.8, 4) is 11.5 Å². The smallest absolute Gasteiger partial charge is 0.146 e. The minimum absolute atomic E-state index is 0.601. The van der Waals surface area contributed by atoms with E-state index in [2.05, 4.69) is 10.3 Å². The predicted molar refractivity (Wildman–Crippen MR) is 75.6 cm³/mol. The maximum Gasteiger partial charge on any atom is 0.146 e. The quantitative estimate of drug-likeness (QED) is 0.901. The lowest BCUT2D eigenvalue weighted by Crippen LogP contribution is -2.15. The average molecular weight is 275 g/mol. The van der Waals surface area contributed by atoms with Crippen molar-refractivity contribution in [1.82, 2.24) is 10.3 Å². The monoisotopic (exact) mass is 274 g/mol. The molecule has 1 aliphatic rings. The van der Waals surface area contributed by atoms with Crippen molar-refractivity contribution in [2.45, 2.75) is 25.4 Å². The Morgan fingerprint density at radius 1 is 1.26 bits per heavy atom. The lowest BCUT2D eigenvalue weighted by molar-refractivity contribution is 0.479. The third kappa shape index (κ3) is 3.46. The minimum Gasteiger partial charge on any atom is -0.454 e. The Morgan fingerprint density at radius 2 is 2.11 bits per heavy atom. The van der Waals surface area contributed by atoms with Crippen LogP contribution in [0.4, 0.5) is 0 Å². The van der Waals surface area contributed by atoms with Gasteiger partial charge in [0.1, 0.15) is 11.5 Å². The summed E-state index contributed by atoms with van der Waals surface area (Å²) in [5.74, 6) is 1.36. The molecule has 2 aromatic rings. The van der Waals surface area contributed by atoms with Gasteiger partial charge in [0.15, 0.2) is 0 Å². The Balaban J connectivity index is 1.70. The zero-order valence-electron chi connectivity index (χ0n) is 10.5. The molecular formula is C15H15ClN2O. The van der Waals surface area contributed by atoms with Gasteiger partial charge >= 0.3 is 0 Å². The number of para-hydroxylation sites is 1. The van der Waals surface area contributed by atoms with E-state index < -0.39 is 0 Å². The molecule has 19 heavy (non-hydrogen) atoms. The van der Waals surface area contributed by atoms with Crippen LogP contribution in [0.3, 0.4) is 0 Å². The second kappa shape index (κ2) is 5.59. The van der Waals surface area contributed by atoms with Gasteiger partial charge < -0.3 is 10.1 Å². The van der Waals surface area contributed by atoms with E-state index in [-0.39, 0.29) is 0 Å². The summed E-state index contributed by atoms with van der Waals surface area (Å²) in [5.41, 5.74) is 1.12. The van der Waals surface area contributed by atoms with Crippen molar-refractivity contribution < 1.29 is 4.74 Å². The number of hydrogen-bond acceptors (Lipinski definition) is 3. The second-order valence-corrected chi connectivity index (χ2v) is 5.12. The van der Waals surface area contributed by atoms with E-state index >= 15 is 0 Å². The van der Waals surface area contributed by atoms with Crippen LogP contribution in [0.5, 0.6) is 11.5 Å². The van der Waals surface area contributed by atoms with E-state index in [1.54, 1.807) is 6.20 Å². The van der Waals surface area contributed by atoms with Gasteiger partial charge in [-0.1, -0.05) is 23.7 Å². The van der Waals surface area contributed by atoms with Gasteiger partial charge in [0, 0.05) is 18.8 Å². The Kier molecular flexibility index (Phi) is 3.67. The van der Waals surface area contributed by atoms with Gasteiger partial charge in [-0.2, -0.15) is 0 Å². The van der Waals surface area contributed by atoms with Crippen molar-refractivity contribution >= 4 is 11.6 Å². The lowest BCUT2D eigenvalue weighted by Gasteiger charge is -2.08. The van der Waals surface area contributed by atoms with Crippen LogP contribution >= 0.6 is 11.6 Å². The molecule has 98 valence electrons. The van der Waals surface area contributed by atoms with Crippen molar-refractivity contribution in [3.05, 3.63) is 53.3 Å². The number of ether oxygens (including phenoxy) is 1. The van der Waals surface area contributed by atoms with Crippen molar-refractivity contribution in [3.63, 3.8) is 0 Å². The molecule has 0 amide bonds. The summed E-state index contributed by atoms with van der Waals surface area (Å²) in [7, 11) is 0. The highest BCUT2D eigenvalue weighted by molar-refractivity contribution is 6.32. The summed E-state index contributed by atoms with van der Waals surface area (Å²) >= 11 is 6.07. The molecule has 3 nitrogen and oxygen atoms in total. The normalized spacial score (nSPS) is 14.4. The molecule has 3 rings (SSSR count). The molecule has 1 fully saturated rings. The fourth-order valence-electron chi connectivity index (χ4n) is 1.82. The van der Waals surface area contributed by atoms with E-state index in [0.29, 0.717) is 22.6 Å². The zero-order valence-corrected chi connectivity index (χ0v) is 11.2. The molecule has 0 bridgehead atoms. The number of pyridine rings is 1. The standard InChI is InChI=1S/C15H15ClN2O/c16-14-3-1-2-4-15(14)19-13-7-11(8-17-10-13)9-18-12-5-6-12/h1-4,7-8,10,12,18H,5-6,9H2. The molecule has 1 aromatic heterocycles. The number of hydrogen-bond donors (Lipinski definition) is 1. The van der Waals surface area contributed by atoms with Gasteiger partial charge in [-0.25, -0.2) is 0 Å². The molecule has 0 radical (unpaired) electrons. The number of aromatic nitrogens is 1. The molecule has 1 saturated carbocycles. The topological polar surface area (TPSA) is 34.1 Å². The highest BCUT2D eigenvalue weighted by Crippen LogP contribution is 2.28. The molecule has 0 aliphatic heterocycles. The zero-order chi connectivity index (χ0) is 13.1. The van der Waals surface area contributed by atoms with E-state index in [9.17, 15) is 0 Å². The second-order valence-electron chi connectivity index (χ2n) is 4.72. The van der Waals surface area contributed by atoms with E-state index in [1.165, 1.54) is 12.8 Å². The van der Waals surface area contributed by atoms with Crippen LogP contribution in [0.25, 0.3) is 0 Å². The van der Waals surface area contributed by atoms with Crippen LogP contribution in [0.1, 0.15) is 18.4 Å². The van der Waals surface area contributed by atoms with Crippen molar-refractivity contribution in [2.24, 2.45) is 0 Å². The number of nitrogens with one attached hydrogen (secondary N) is 1. The first-order chi connectivity index (χ1) is 9.31. The molecule has 1 aliphatic carbocycles. The molecule has 4 heteroatoms. The summed E-state index contributed by atoms with van der Waals surface area (Å²) in [4.78, 5) is 4.20. The van der Waals surface area contributed by atoms with Crippen LogP contribution in [0.15, 0.2) is 42.7 Å². The van der Waals surface area contributed by atoms with Crippen LogP contribution in [0.2, 0.25) is 5.02 Å². The third-order valence-corrected chi connectivity index (χ3v) is 3.32. The molecule has 1 aromatic carbocycles. The van der Waals surface area contributed by atoms with Crippen LogP contribution in [-0.2, 0) is 6.54 Å². The van der Waals surface area contributed by atoms with Crippen LogP contribution in [-0.4, -0.2) is 11.0 Å². The number of benzene rings is 1. The Morgan fingerprint density at radius 3 is 2.89 bits per heavy atom. The molecule has 0 saturated heterocycles. The number of halogens is 1. The van der Waals surface area contributed by atoms with E-state index in [1.807, 2.05) is 36.5 Å². The van der Waals surface area contributed by atoms with Gasteiger partial charge in [0.05, 0.1) is 11.2 Å². The van der Waals surface area contributed by atoms with Gasteiger partial charge in [0.2, 0.25) is 0 Å². The fourth-order valence-corrected chi connectivity index (χ4v) is 1.99. The van der Waals surface area contributed by atoms with Crippen LogP contribution < -0.4 is 10.1 Å². The predicted octanol–water partition coefficient (Wildman–Crippen LogP) is 3.78. The van der Waals surface area contributed by atoms with Gasteiger partial charge in [-0.15, -0.1) is 0 Å². The van der Waals surface area contributed by atoms with Gasteiger partial charge in [-0.05, 0) is 36.6 Å². The summed E-state index contributed by atoms with van der Waals surface area (Å²) in [6, 6.07) is 10.1. The van der Waals surface area contributed by atoms with Crippen LogP contribution in [0, 0.1) is 0 Å². The first-order valence-electron chi connectivity index (χ1n) is 6.41. The first kappa shape index (κ1) is 12.5. The van der Waals surface area contributed by atoms with Gasteiger partial charge in [-0.3, -0.25) is 4.98 Å². The Hall–Kier alpha value is -1.58. The summed E-state index contributed by atoms with van der Waals surface area (Å²) in [6.45, 7) is 0.831. The van der Waals surface area contributed by atoms with Crippen molar-refractivity contribution in [2.75, 3.05) is 0 Å². The Bertz CT molecular complexity index is 570. The SMILES string of the molecule is Clc1ccccc1Oc1cncc(CNC2CC2)c1. The molecule has 1 heterocycles. The first-order valence-corrected chi connectivity index (χ1v) is 6.79. The third-order valence-electron chi connectivity index (χ3n) is 3.01. The van der Waals surface area contributed by atoms with Gasteiger partial charge in [0.25, 0.3) is 0 Å². The van der Waals surface area contributed by atoms with E-state index in [0.717, 1.165) is 12.1 Å². The maximum atomic E-state index is 6.07. The maximum absolute atomic E-state index is 6.07. The summed E-state index contributed by atoms with van der Waals surface area (Å²) < 4.78 is 5.75. The summed E-state index contributed by atoms with van der Waals surface area (Å²) in [5, 5.41) is 4.05. The molecule has 0 spiro atoms. The van der Waals surface area contributed by atoms with Crippen molar-refractivity contribution in [1.29, 1.82) is 0 Å². The highest BCUT2D eigenvalue weighted by Gasteiger charge is 2.19. The fraction of sp³-hybridized carbons (Fsp3) is 0.267. The summed E-state index contributed by atoms with van der Waals surface area (Å²) in [6.07, 6.45) is 6.12.